The molecule has 0 bridgehead atoms. The molecule has 1 aliphatic heterocycles. The van der Waals surface area contributed by atoms with E-state index >= 15 is 0 Å². The van der Waals surface area contributed by atoms with Gasteiger partial charge in [0.1, 0.15) is 0 Å². The third-order valence-electron chi connectivity index (χ3n) is 2.79. The van der Waals surface area contributed by atoms with Crippen molar-refractivity contribution >= 4 is 0 Å². The Morgan fingerprint density at radius 2 is 2.38 bits per heavy atom. The average molecular weight is 182 g/mol. The highest BCUT2D eigenvalue weighted by molar-refractivity contribution is 4.89. The van der Waals surface area contributed by atoms with Crippen LogP contribution < -0.4 is 0 Å². The molecule has 0 aromatic carbocycles. The van der Waals surface area contributed by atoms with Crippen molar-refractivity contribution in [1.29, 1.82) is 5.26 Å². The highest BCUT2D eigenvalue weighted by Crippen LogP contribution is 2.17. The van der Waals surface area contributed by atoms with E-state index in [1.165, 1.54) is 6.42 Å². The molecule has 0 aromatic heterocycles. The lowest BCUT2D eigenvalue weighted by Crippen LogP contribution is -2.36. The third kappa shape index (κ3) is 2.98. The zero-order chi connectivity index (χ0) is 9.68. The van der Waals surface area contributed by atoms with Crippen LogP contribution in [0.15, 0.2) is 0 Å². The number of rotatable bonds is 2. The van der Waals surface area contributed by atoms with Crippen LogP contribution in [0.5, 0.6) is 0 Å². The van der Waals surface area contributed by atoms with Gasteiger partial charge in [-0.2, -0.15) is 5.26 Å². The molecule has 1 rings (SSSR count). The first-order valence-electron chi connectivity index (χ1n) is 5.02. The molecule has 74 valence electrons. The minimum Gasteiger partial charge on any atom is -0.396 e. The maximum Gasteiger partial charge on any atom is 0.0949 e. The lowest BCUT2D eigenvalue weighted by molar-refractivity contribution is 0.163. The molecule has 0 amide bonds. The molecule has 1 heterocycles. The minimum absolute atomic E-state index is 0.00727. The van der Waals surface area contributed by atoms with Gasteiger partial charge in [0.05, 0.1) is 12.1 Å². The first-order valence-corrected chi connectivity index (χ1v) is 5.02. The van der Waals surface area contributed by atoms with E-state index in [0.29, 0.717) is 5.92 Å². The van der Waals surface area contributed by atoms with Crippen molar-refractivity contribution in [2.45, 2.75) is 32.2 Å². The first kappa shape index (κ1) is 10.5. The van der Waals surface area contributed by atoms with E-state index in [9.17, 15) is 0 Å². The molecular weight excluding hydrogens is 164 g/mol. The van der Waals surface area contributed by atoms with E-state index in [0.717, 1.165) is 25.9 Å². The van der Waals surface area contributed by atoms with Gasteiger partial charge in [-0.15, -0.1) is 0 Å². The van der Waals surface area contributed by atoms with Crippen molar-refractivity contribution in [3.05, 3.63) is 0 Å². The number of hydrogen-bond donors (Lipinski definition) is 1. The number of aliphatic hydroxyl groups excluding tert-OH is 1. The van der Waals surface area contributed by atoms with Gasteiger partial charge in [0.2, 0.25) is 0 Å². The van der Waals surface area contributed by atoms with Crippen LogP contribution in [0.1, 0.15) is 26.2 Å². The minimum atomic E-state index is -0.00727. The molecule has 0 aromatic rings. The number of likely N-dealkylation sites (tertiary alicyclic amines) is 1. The second-order valence-corrected chi connectivity index (χ2v) is 3.84. The van der Waals surface area contributed by atoms with Crippen LogP contribution in [0.25, 0.3) is 0 Å². The Hall–Kier alpha value is -0.590. The highest BCUT2D eigenvalue weighted by Gasteiger charge is 2.20. The van der Waals surface area contributed by atoms with Crippen LogP contribution >= 0.6 is 0 Å². The van der Waals surface area contributed by atoms with Crippen LogP contribution in [0.2, 0.25) is 0 Å². The Labute approximate surface area is 80.0 Å². The van der Waals surface area contributed by atoms with Crippen molar-refractivity contribution in [2.75, 3.05) is 19.7 Å². The summed E-state index contributed by atoms with van der Waals surface area (Å²) >= 11 is 0. The van der Waals surface area contributed by atoms with Crippen molar-refractivity contribution in [3.8, 4) is 6.07 Å². The lowest BCUT2D eigenvalue weighted by atomic mass is 10.0. The molecule has 0 saturated carbocycles. The second-order valence-electron chi connectivity index (χ2n) is 3.84. The second kappa shape index (κ2) is 5.21. The summed E-state index contributed by atoms with van der Waals surface area (Å²) in [4.78, 5) is 2.17. The third-order valence-corrected chi connectivity index (χ3v) is 2.79. The van der Waals surface area contributed by atoms with Gasteiger partial charge in [0.25, 0.3) is 0 Å². The summed E-state index contributed by atoms with van der Waals surface area (Å²) in [5.74, 6) is 0.373. The van der Waals surface area contributed by atoms with E-state index in [4.69, 9.17) is 10.4 Å². The molecule has 0 spiro atoms. The maximum absolute atomic E-state index is 9.08. The Morgan fingerprint density at radius 1 is 1.62 bits per heavy atom. The zero-order valence-corrected chi connectivity index (χ0v) is 8.24. The molecule has 1 aliphatic rings. The molecule has 13 heavy (non-hydrogen) atoms. The average Bonchev–Trinajstić information content (AvgIpc) is 2.41. The van der Waals surface area contributed by atoms with Crippen molar-refractivity contribution in [1.82, 2.24) is 4.90 Å². The molecule has 1 saturated heterocycles. The molecule has 2 unspecified atom stereocenters. The van der Waals surface area contributed by atoms with E-state index < -0.39 is 0 Å². The Bertz CT molecular complexity index is 188. The number of aliphatic hydroxyl groups is 1. The van der Waals surface area contributed by atoms with E-state index in [-0.39, 0.29) is 12.6 Å². The van der Waals surface area contributed by atoms with Crippen LogP contribution in [-0.4, -0.2) is 35.7 Å². The topological polar surface area (TPSA) is 47.3 Å². The van der Waals surface area contributed by atoms with Gasteiger partial charge in [-0.25, -0.2) is 0 Å². The summed E-state index contributed by atoms with van der Waals surface area (Å²) < 4.78 is 0. The van der Waals surface area contributed by atoms with Crippen LogP contribution in [0.3, 0.4) is 0 Å². The summed E-state index contributed by atoms with van der Waals surface area (Å²) in [5, 5.41) is 17.9. The van der Waals surface area contributed by atoms with Gasteiger partial charge in [0.15, 0.2) is 0 Å². The summed E-state index contributed by atoms with van der Waals surface area (Å²) in [6.07, 6.45) is 3.44. The molecular formula is C10H18N2O. The first-order chi connectivity index (χ1) is 6.27. The fraction of sp³-hybridized carbons (Fsp3) is 0.900. The van der Waals surface area contributed by atoms with Crippen LogP contribution in [0.4, 0.5) is 0 Å². The van der Waals surface area contributed by atoms with Crippen molar-refractivity contribution < 1.29 is 5.11 Å². The number of nitrogens with zero attached hydrogens (tertiary/aromatic N) is 2. The lowest BCUT2D eigenvalue weighted by Gasteiger charge is -2.25. The number of hydrogen-bond acceptors (Lipinski definition) is 3. The molecule has 0 radical (unpaired) electrons. The van der Waals surface area contributed by atoms with Gasteiger partial charge >= 0.3 is 0 Å². The standard InChI is InChI=1S/C10H18N2O/c1-9(6-11)12-5-3-2-4-10(7-12)8-13/h9-10,13H,2-5,7-8H2,1H3. The van der Waals surface area contributed by atoms with Gasteiger partial charge in [-0.3, -0.25) is 4.90 Å². The summed E-state index contributed by atoms with van der Waals surface area (Å²) in [7, 11) is 0. The zero-order valence-electron chi connectivity index (χ0n) is 8.24. The molecule has 3 nitrogen and oxygen atoms in total. The predicted molar refractivity (Wildman–Crippen MR) is 51.1 cm³/mol. The smallest absolute Gasteiger partial charge is 0.0949 e. The predicted octanol–water partition coefficient (Wildman–Crippen LogP) is 0.993. The van der Waals surface area contributed by atoms with Crippen molar-refractivity contribution in [3.63, 3.8) is 0 Å². The van der Waals surface area contributed by atoms with E-state index in [1.807, 2.05) is 6.92 Å². The molecule has 3 heteroatoms. The van der Waals surface area contributed by atoms with Crippen LogP contribution in [-0.2, 0) is 0 Å². The molecule has 1 fully saturated rings. The largest absolute Gasteiger partial charge is 0.396 e. The van der Waals surface area contributed by atoms with Gasteiger partial charge in [-0.1, -0.05) is 6.42 Å². The fourth-order valence-corrected chi connectivity index (χ4v) is 1.84. The van der Waals surface area contributed by atoms with Gasteiger partial charge in [0, 0.05) is 13.2 Å². The normalized spacial score (nSPS) is 27.6. The summed E-state index contributed by atoms with van der Waals surface area (Å²) in [6.45, 7) is 4.07. The van der Waals surface area contributed by atoms with Crippen LogP contribution in [0, 0.1) is 17.2 Å². The summed E-state index contributed by atoms with van der Waals surface area (Å²) in [6, 6.07) is 2.24. The van der Waals surface area contributed by atoms with E-state index in [2.05, 4.69) is 11.0 Å². The van der Waals surface area contributed by atoms with Gasteiger partial charge < -0.3 is 5.11 Å². The number of nitriles is 1. The van der Waals surface area contributed by atoms with Crippen molar-refractivity contribution in [2.24, 2.45) is 5.92 Å². The van der Waals surface area contributed by atoms with Gasteiger partial charge in [-0.05, 0) is 32.2 Å². The van der Waals surface area contributed by atoms with E-state index in [1.54, 1.807) is 0 Å². The maximum atomic E-state index is 9.08. The molecule has 0 aliphatic carbocycles. The highest BCUT2D eigenvalue weighted by atomic mass is 16.3. The Morgan fingerprint density at radius 3 is 3.00 bits per heavy atom. The summed E-state index contributed by atoms with van der Waals surface area (Å²) in [5.41, 5.74) is 0. The SMILES string of the molecule is CC(C#N)N1CCCCC(CO)C1. The molecule has 1 N–H and O–H groups in total. The quantitative estimate of drug-likeness (QED) is 0.693. The monoisotopic (exact) mass is 182 g/mol. The fourth-order valence-electron chi connectivity index (χ4n) is 1.84. The molecule has 2 atom stereocenters. The Balaban J connectivity index is 2.49. The Kier molecular flexibility index (Phi) is 4.20.